The summed E-state index contributed by atoms with van der Waals surface area (Å²) in [4.78, 5) is 50.7. The molecule has 0 saturated carbocycles. The van der Waals surface area contributed by atoms with Gasteiger partial charge >= 0.3 is 0 Å². The highest BCUT2D eigenvalue weighted by molar-refractivity contribution is 5.99. The van der Waals surface area contributed by atoms with E-state index in [9.17, 15) is 24.3 Å². The van der Waals surface area contributed by atoms with Gasteiger partial charge in [-0.15, -0.1) is 0 Å². The lowest BCUT2D eigenvalue weighted by atomic mass is 10.1. The Balaban J connectivity index is 2.06. The SMILES string of the molecule is CNC(=O)C(CCN)NC(=O)C(CCN)NC(=O)C(NC(=O)c1ccc(C#CC#Cc2ccccc2)cc1)C(C)O. The zero-order valence-corrected chi connectivity index (χ0v) is 23.1. The van der Waals surface area contributed by atoms with Gasteiger partial charge in [0, 0.05) is 23.7 Å². The number of aliphatic hydroxyl groups is 1. The fraction of sp³-hybridized carbons (Fsp3) is 0.333. The van der Waals surface area contributed by atoms with Gasteiger partial charge in [0.1, 0.15) is 18.1 Å². The first kappa shape index (κ1) is 32.5. The van der Waals surface area contributed by atoms with Gasteiger partial charge in [0.05, 0.1) is 6.10 Å². The van der Waals surface area contributed by atoms with Crippen LogP contribution in [0.25, 0.3) is 0 Å². The van der Waals surface area contributed by atoms with Crippen LogP contribution in [0.2, 0.25) is 0 Å². The first-order valence-corrected chi connectivity index (χ1v) is 13.1. The van der Waals surface area contributed by atoms with E-state index in [0.717, 1.165) is 5.56 Å². The molecule has 4 unspecified atom stereocenters. The molecule has 0 spiro atoms. The molecule has 0 radical (unpaired) electrons. The van der Waals surface area contributed by atoms with Gasteiger partial charge in [0.2, 0.25) is 17.7 Å². The second kappa shape index (κ2) is 17.1. The summed E-state index contributed by atoms with van der Waals surface area (Å²) >= 11 is 0. The lowest BCUT2D eigenvalue weighted by Gasteiger charge is -2.26. The number of hydrogen-bond acceptors (Lipinski definition) is 7. The third-order valence-corrected chi connectivity index (χ3v) is 5.87. The minimum Gasteiger partial charge on any atom is -0.391 e. The molecule has 0 aromatic heterocycles. The third kappa shape index (κ3) is 10.8. The quantitative estimate of drug-likeness (QED) is 0.162. The maximum absolute atomic E-state index is 13.0. The number of hydrogen-bond donors (Lipinski definition) is 7. The van der Waals surface area contributed by atoms with Crippen molar-refractivity contribution in [2.24, 2.45) is 11.5 Å². The van der Waals surface area contributed by atoms with Crippen molar-refractivity contribution in [1.82, 2.24) is 21.3 Å². The van der Waals surface area contributed by atoms with Crippen molar-refractivity contribution in [3.63, 3.8) is 0 Å². The monoisotopic (exact) mass is 560 g/mol. The summed E-state index contributed by atoms with van der Waals surface area (Å²) in [5.41, 5.74) is 12.9. The van der Waals surface area contributed by atoms with E-state index in [-0.39, 0.29) is 31.5 Å². The molecule has 11 nitrogen and oxygen atoms in total. The molecule has 216 valence electrons. The fourth-order valence-corrected chi connectivity index (χ4v) is 3.64. The van der Waals surface area contributed by atoms with E-state index < -0.39 is 47.9 Å². The highest BCUT2D eigenvalue weighted by Gasteiger charge is 2.31. The van der Waals surface area contributed by atoms with Gasteiger partial charge in [-0.2, -0.15) is 0 Å². The van der Waals surface area contributed by atoms with Crippen LogP contribution in [0, 0.1) is 23.7 Å². The molecule has 2 rings (SSSR count). The van der Waals surface area contributed by atoms with Crippen molar-refractivity contribution in [1.29, 1.82) is 0 Å². The molecule has 41 heavy (non-hydrogen) atoms. The summed E-state index contributed by atoms with van der Waals surface area (Å²) < 4.78 is 0. The number of aliphatic hydroxyl groups excluding tert-OH is 1. The van der Waals surface area contributed by atoms with Crippen molar-refractivity contribution in [2.45, 2.75) is 44.0 Å². The number of likely N-dealkylation sites (N-methyl/N-ethyl adjacent to an activating group) is 1. The van der Waals surface area contributed by atoms with Gasteiger partial charge in [0.15, 0.2) is 0 Å². The Morgan fingerprint density at radius 3 is 1.78 bits per heavy atom. The van der Waals surface area contributed by atoms with Crippen molar-refractivity contribution < 1.29 is 24.3 Å². The zero-order chi connectivity index (χ0) is 30.2. The van der Waals surface area contributed by atoms with Gasteiger partial charge in [0.25, 0.3) is 5.91 Å². The summed E-state index contributed by atoms with van der Waals surface area (Å²) in [5.74, 6) is 8.87. The summed E-state index contributed by atoms with van der Waals surface area (Å²) in [7, 11) is 1.43. The summed E-state index contributed by atoms with van der Waals surface area (Å²) in [6.07, 6.45) is -1.05. The maximum Gasteiger partial charge on any atom is 0.252 e. The van der Waals surface area contributed by atoms with Crippen molar-refractivity contribution in [3.8, 4) is 23.7 Å². The molecule has 0 heterocycles. The first-order valence-electron chi connectivity index (χ1n) is 13.1. The number of benzene rings is 2. The van der Waals surface area contributed by atoms with Gasteiger partial charge in [-0.05, 0) is 81.1 Å². The molecule has 0 aliphatic heterocycles. The van der Waals surface area contributed by atoms with Crippen LogP contribution in [0.5, 0.6) is 0 Å². The van der Waals surface area contributed by atoms with E-state index in [2.05, 4.69) is 44.9 Å². The number of carbonyl (C=O) groups is 4. The Hall–Kier alpha value is -4.68. The van der Waals surface area contributed by atoms with Gasteiger partial charge < -0.3 is 37.8 Å². The van der Waals surface area contributed by atoms with E-state index in [1.165, 1.54) is 26.1 Å². The van der Waals surface area contributed by atoms with Crippen LogP contribution in [0.15, 0.2) is 54.6 Å². The maximum atomic E-state index is 13.0. The normalized spacial score (nSPS) is 13.0. The lowest BCUT2D eigenvalue weighted by molar-refractivity contribution is -0.133. The van der Waals surface area contributed by atoms with E-state index in [4.69, 9.17) is 11.5 Å². The molecule has 0 aliphatic carbocycles. The highest BCUT2D eigenvalue weighted by atomic mass is 16.3. The Bertz CT molecular complexity index is 1310. The van der Waals surface area contributed by atoms with Crippen molar-refractivity contribution in [3.05, 3.63) is 71.3 Å². The second-order valence-corrected chi connectivity index (χ2v) is 9.03. The Labute approximate surface area is 239 Å². The van der Waals surface area contributed by atoms with Gasteiger partial charge in [-0.25, -0.2) is 0 Å². The van der Waals surface area contributed by atoms with E-state index in [1.54, 1.807) is 12.1 Å². The molecule has 2 aromatic carbocycles. The van der Waals surface area contributed by atoms with E-state index >= 15 is 0 Å². The Morgan fingerprint density at radius 2 is 1.27 bits per heavy atom. The van der Waals surface area contributed by atoms with Crippen LogP contribution < -0.4 is 32.7 Å². The average Bonchev–Trinajstić information content (AvgIpc) is 2.97. The highest BCUT2D eigenvalue weighted by Crippen LogP contribution is 2.06. The Kier molecular flexibility index (Phi) is 13.6. The zero-order valence-electron chi connectivity index (χ0n) is 23.1. The minimum absolute atomic E-state index is 0.0542. The van der Waals surface area contributed by atoms with Crippen LogP contribution in [0.4, 0.5) is 0 Å². The van der Waals surface area contributed by atoms with Crippen LogP contribution in [0.3, 0.4) is 0 Å². The third-order valence-electron chi connectivity index (χ3n) is 5.87. The van der Waals surface area contributed by atoms with Crippen molar-refractivity contribution >= 4 is 23.6 Å². The molecule has 0 bridgehead atoms. The molecule has 4 amide bonds. The van der Waals surface area contributed by atoms with Crippen LogP contribution >= 0.6 is 0 Å². The molecular formula is C30H36N6O5. The Morgan fingerprint density at radius 1 is 0.756 bits per heavy atom. The first-order chi connectivity index (χ1) is 19.7. The number of rotatable bonds is 12. The van der Waals surface area contributed by atoms with Crippen LogP contribution in [-0.2, 0) is 14.4 Å². The lowest BCUT2D eigenvalue weighted by Crippen LogP contribution is -2.59. The molecular weight excluding hydrogens is 524 g/mol. The summed E-state index contributed by atoms with van der Waals surface area (Å²) in [6, 6.07) is 12.4. The smallest absolute Gasteiger partial charge is 0.252 e. The predicted octanol–water partition coefficient (Wildman–Crippen LogP) is -1.02. The molecule has 0 aliphatic rings. The largest absolute Gasteiger partial charge is 0.391 e. The fourth-order valence-electron chi connectivity index (χ4n) is 3.64. The standard InChI is InChI=1S/C30H36N6O5/c1-20(37)26(30(41)35-25(17-19-32)29(40)34-24(16-18-31)28(39)33-2)36-27(38)23-14-12-22(13-15-23)11-7-6-10-21-8-4-3-5-9-21/h3-5,8-9,12-15,20,24-26,37H,16-19,31-32H2,1-2H3,(H,33,39)(H,34,40)(H,35,41)(H,36,38). The second-order valence-electron chi connectivity index (χ2n) is 9.03. The van der Waals surface area contributed by atoms with Crippen LogP contribution in [-0.4, -0.2) is 73.1 Å². The summed E-state index contributed by atoms with van der Waals surface area (Å²) in [6.45, 7) is 1.54. The average molecular weight is 561 g/mol. The van der Waals surface area contributed by atoms with Gasteiger partial charge in [-0.3, -0.25) is 19.2 Å². The van der Waals surface area contributed by atoms with Crippen LogP contribution in [0.1, 0.15) is 41.3 Å². The number of carbonyl (C=O) groups excluding carboxylic acids is 4. The number of amides is 4. The molecule has 9 N–H and O–H groups in total. The molecule has 0 fully saturated rings. The minimum atomic E-state index is -1.37. The molecule has 0 saturated heterocycles. The molecule has 11 heteroatoms. The predicted molar refractivity (Wildman–Crippen MR) is 155 cm³/mol. The van der Waals surface area contributed by atoms with E-state index in [0.29, 0.717) is 5.56 Å². The molecule has 2 aromatic rings. The topological polar surface area (TPSA) is 189 Å². The number of nitrogens with two attached hydrogens (primary N) is 2. The number of nitrogens with one attached hydrogen (secondary N) is 4. The summed E-state index contributed by atoms with van der Waals surface area (Å²) in [5, 5.41) is 20.2. The van der Waals surface area contributed by atoms with Gasteiger partial charge in [-0.1, -0.05) is 30.0 Å². The molecule has 4 atom stereocenters. The van der Waals surface area contributed by atoms with Crippen molar-refractivity contribution in [2.75, 3.05) is 20.1 Å². The van der Waals surface area contributed by atoms with E-state index in [1.807, 2.05) is 30.3 Å².